The van der Waals surface area contributed by atoms with E-state index in [2.05, 4.69) is 10.3 Å². The minimum Gasteiger partial charge on any atom is -0.319 e. The molecule has 6 heteroatoms. The van der Waals surface area contributed by atoms with Crippen molar-refractivity contribution < 1.29 is 4.79 Å². The average Bonchev–Trinajstić information content (AvgIpc) is 2.51. The zero-order valence-electron chi connectivity index (χ0n) is 12.3. The molecule has 0 fully saturated rings. The minimum absolute atomic E-state index is 0.196. The molecule has 0 saturated heterocycles. The molecule has 0 aliphatic rings. The quantitative estimate of drug-likeness (QED) is 0.938. The Balaban J connectivity index is 2.13. The van der Waals surface area contributed by atoms with Crippen molar-refractivity contribution in [2.75, 3.05) is 12.4 Å². The Morgan fingerprint density at radius 3 is 2.76 bits per heavy atom. The summed E-state index contributed by atoms with van der Waals surface area (Å²) >= 11 is 0. The van der Waals surface area contributed by atoms with Crippen LogP contribution in [0.15, 0.2) is 47.5 Å². The van der Waals surface area contributed by atoms with Gasteiger partial charge in [-0.3, -0.25) is 9.78 Å². The Morgan fingerprint density at radius 2 is 2.10 bits per heavy atom. The van der Waals surface area contributed by atoms with Gasteiger partial charge in [-0.05, 0) is 31.2 Å². The molecule has 1 N–H and O–H groups in total. The molecule has 0 unspecified atom stereocenters. The molecule has 2 aromatic rings. The number of hydrogen-bond donors (Lipinski definition) is 1. The number of aryl methyl sites for hydroxylation is 1. The van der Waals surface area contributed by atoms with E-state index in [0.29, 0.717) is 0 Å². The third-order valence-electron chi connectivity index (χ3n) is 3.38. The third kappa shape index (κ3) is 3.28. The molecular formula is C15H18N4O2. The molecule has 2 aromatic heterocycles. The molecule has 21 heavy (non-hydrogen) atoms. The average molecular weight is 286 g/mol. The SMILES string of the molecule is C[C@H](c1ccccn1)N(C)C(=O)Nc1cccn(C)c1=O. The molecule has 0 spiro atoms. The number of amides is 2. The first-order valence-corrected chi connectivity index (χ1v) is 6.61. The first-order chi connectivity index (χ1) is 10.0. The lowest BCUT2D eigenvalue weighted by atomic mass is 10.2. The van der Waals surface area contributed by atoms with Crippen LogP contribution in [0.3, 0.4) is 0 Å². The van der Waals surface area contributed by atoms with Crippen LogP contribution in [-0.2, 0) is 7.05 Å². The summed E-state index contributed by atoms with van der Waals surface area (Å²) in [6, 6.07) is 8.30. The van der Waals surface area contributed by atoms with Gasteiger partial charge in [-0.15, -0.1) is 0 Å². The fourth-order valence-electron chi connectivity index (χ4n) is 1.89. The standard InChI is InChI=1S/C15H18N4O2/c1-11(12-7-4-5-9-16-12)19(3)15(21)17-13-8-6-10-18(2)14(13)20/h4-11H,1-3H3,(H,17,21)/t11-/m1/s1. The third-order valence-corrected chi connectivity index (χ3v) is 3.38. The predicted octanol–water partition coefficient (Wildman–Crippen LogP) is 2.01. The highest BCUT2D eigenvalue weighted by molar-refractivity contribution is 5.89. The number of anilines is 1. The second kappa shape index (κ2) is 6.21. The van der Waals surface area contributed by atoms with E-state index in [9.17, 15) is 9.59 Å². The number of aromatic nitrogens is 2. The molecule has 0 aliphatic heterocycles. The zero-order chi connectivity index (χ0) is 15.4. The Bertz CT molecular complexity index is 682. The van der Waals surface area contributed by atoms with Crippen LogP contribution in [0.25, 0.3) is 0 Å². The summed E-state index contributed by atoms with van der Waals surface area (Å²) in [6.45, 7) is 1.88. The number of nitrogens with one attached hydrogen (secondary N) is 1. The smallest absolute Gasteiger partial charge is 0.319 e. The van der Waals surface area contributed by atoms with Crippen LogP contribution in [0.1, 0.15) is 18.7 Å². The van der Waals surface area contributed by atoms with Gasteiger partial charge >= 0.3 is 6.03 Å². The largest absolute Gasteiger partial charge is 0.322 e. The minimum atomic E-state index is -0.351. The number of pyridine rings is 2. The lowest BCUT2D eigenvalue weighted by molar-refractivity contribution is 0.207. The van der Waals surface area contributed by atoms with Crippen molar-refractivity contribution in [2.24, 2.45) is 7.05 Å². The van der Waals surface area contributed by atoms with Gasteiger partial charge in [0.1, 0.15) is 5.69 Å². The van der Waals surface area contributed by atoms with Gasteiger partial charge in [-0.25, -0.2) is 4.79 Å². The second-order valence-corrected chi connectivity index (χ2v) is 4.81. The van der Waals surface area contributed by atoms with Crippen LogP contribution in [0.4, 0.5) is 10.5 Å². The summed E-state index contributed by atoms with van der Waals surface area (Å²) in [5, 5.41) is 2.63. The molecule has 2 heterocycles. The Morgan fingerprint density at radius 1 is 1.33 bits per heavy atom. The summed E-state index contributed by atoms with van der Waals surface area (Å²) < 4.78 is 1.41. The fraction of sp³-hybridized carbons (Fsp3) is 0.267. The van der Waals surface area contributed by atoms with Crippen LogP contribution < -0.4 is 10.9 Å². The lowest BCUT2D eigenvalue weighted by Crippen LogP contribution is -2.36. The van der Waals surface area contributed by atoms with E-state index in [1.807, 2.05) is 25.1 Å². The molecule has 0 aliphatic carbocycles. The maximum absolute atomic E-state index is 12.2. The van der Waals surface area contributed by atoms with Gasteiger partial charge in [0.15, 0.2) is 0 Å². The number of nitrogens with zero attached hydrogens (tertiary/aromatic N) is 3. The van der Waals surface area contributed by atoms with Gasteiger partial charge in [0.2, 0.25) is 0 Å². The van der Waals surface area contributed by atoms with Crippen molar-refractivity contribution in [1.29, 1.82) is 0 Å². The van der Waals surface area contributed by atoms with Gasteiger partial charge in [0, 0.05) is 26.5 Å². The first-order valence-electron chi connectivity index (χ1n) is 6.61. The van der Waals surface area contributed by atoms with Gasteiger partial charge in [0.05, 0.1) is 11.7 Å². The number of rotatable bonds is 3. The van der Waals surface area contributed by atoms with Crippen LogP contribution in [-0.4, -0.2) is 27.5 Å². The molecule has 2 rings (SSSR count). The van der Waals surface area contributed by atoms with E-state index >= 15 is 0 Å². The van der Waals surface area contributed by atoms with Crippen LogP contribution in [0.2, 0.25) is 0 Å². The number of carbonyl (C=O) groups is 1. The van der Waals surface area contributed by atoms with E-state index < -0.39 is 0 Å². The van der Waals surface area contributed by atoms with Crippen molar-refractivity contribution in [3.05, 3.63) is 58.8 Å². The van der Waals surface area contributed by atoms with Gasteiger partial charge in [-0.2, -0.15) is 0 Å². The van der Waals surface area contributed by atoms with Crippen molar-refractivity contribution in [2.45, 2.75) is 13.0 Å². The highest BCUT2D eigenvalue weighted by Crippen LogP contribution is 2.16. The van der Waals surface area contributed by atoms with E-state index in [1.165, 1.54) is 9.47 Å². The fourth-order valence-corrected chi connectivity index (χ4v) is 1.89. The zero-order valence-corrected chi connectivity index (χ0v) is 12.3. The normalized spacial score (nSPS) is 11.8. The van der Waals surface area contributed by atoms with Crippen LogP contribution in [0, 0.1) is 0 Å². The van der Waals surface area contributed by atoms with Crippen LogP contribution >= 0.6 is 0 Å². The molecule has 6 nitrogen and oxygen atoms in total. The first kappa shape index (κ1) is 14.8. The maximum atomic E-state index is 12.2. The summed E-state index contributed by atoms with van der Waals surface area (Å²) in [5.41, 5.74) is 0.797. The van der Waals surface area contributed by atoms with Crippen molar-refractivity contribution >= 4 is 11.7 Å². The topological polar surface area (TPSA) is 67.2 Å². The lowest BCUT2D eigenvalue weighted by Gasteiger charge is -2.24. The van der Waals surface area contributed by atoms with Crippen LogP contribution in [0.5, 0.6) is 0 Å². The Hall–Kier alpha value is -2.63. The summed E-state index contributed by atoms with van der Waals surface area (Å²) in [4.78, 5) is 29.9. The predicted molar refractivity (Wildman–Crippen MR) is 81.1 cm³/mol. The molecule has 2 amide bonds. The van der Waals surface area contributed by atoms with Crippen molar-refractivity contribution in [3.63, 3.8) is 0 Å². The van der Waals surface area contributed by atoms with E-state index in [0.717, 1.165) is 5.69 Å². The second-order valence-electron chi connectivity index (χ2n) is 4.81. The van der Waals surface area contributed by atoms with E-state index in [4.69, 9.17) is 0 Å². The highest BCUT2D eigenvalue weighted by Gasteiger charge is 2.19. The number of hydrogen-bond acceptors (Lipinski definition) is 3. The Kier molecular flexibility index (Phi) is 4.37. The highest BCUT2D eigenvalue weighted by atomic mass is 16.2. The number of carbonyl (C=O) groups excluding carboxylic acids is 1. The Labute approximate surface area is 123 Å². The van der Waals surface area contributed by atoms with Crippen molar-refractivity contribution in [1.82, 2.24) is 14.5 Å². The molecule has 0 aromatic carbocycles. The van der Waals surface area contributed by atoms with E-state index in [1.54, 1.807) is 38.6 Å². The van der Waals surface area contributed by atoms with Gasteiger partial charge in [-0.1, -0.05) is 6.07 Å². The monoisotopic (exact) mass is 286 g/mol. The number of urea groups is 1. The molecule has 0 bridgehead atoms. The van der Waals surface area contributed by atoms with Crippen molar-refractivity contribution in [3.8, 4) is 0 Å². The summed E-state index contributed by atoms with van der Waals surface area (Å²) in [5.74, 6) is 0. The molecule has 1 atom stereocenters. The molecule has 0 saturated carbocycles. The maximum Gasteiger partial charge on any atom is 0.322 e. The van der Waals surface area contributed by atoms with Gasteiger partial charge < -0.3 is 14.8 Å². The molecule has 110 valence electrons. The molecular weight excluding hydrogens is 268 g/mol. The summed E-state index contributed by atoms with van der Waals surface area (Å²) in [6.07, 6.45) is 3.32. The van der Waals surface area contributed by atoms with Gasteiger partial charge in [0.25, 0.3) is 5.56 Å². The summed E-state index contributed by atoms with van der Waals surface area (Å²) in [7, 11) is 3.31. The molecule has 0 radical (unpaired) electrons. The van der Waals surface area contributed by atoms with E-state index in [-0.39, 0.29) is 23.3 Å².